The van der Waals surface area contributed by atoms with E-state index in [4.69, 9.17) is 0 Å². The van der Waals surface area contributed by atoms with Gasteiger partial charge in [0.25, 0.3) is 5.91 Å². The van der Waals surface area contributed by atoms with Gasteiger partial charge in [-0.25, -0.2) is 0 Å². The van der Waals surface area contributed by atoms with Gasteiger partial charge in [0.1, 0.15) is 0 Å². The molecule has 2 heterocycles. The van der Waals surface area contributed by atoms with Crippen LogP contribution < -0.4 is 0 Å². The van der Waals surface area contributed by atoms with Gasteiger partial charge in [-0.2, -0.15) is 0 Å². The molecule has 0 unspecified atom stereocenters. The van der Waals surface area contributed by atoms with Gasteiger partial charge in [0.15, 0.2) is 0 Å². The van der Waals surface area contributed by atoms with E-state index in [9.17, 15) is 4.79 Å². The van der Waals surface area contributed by atoms with E-state index in [2.05, 4.69) is 56.7 Å². The summed E-state index contributed by atoms with van der Waals surface area (Å²) in [5, 5.41) is 1.18. The number of fused-ring (bicyclic) bond motifs is 1. The Kier molecular flexibility index (Phi) is 5.17. The molecule has 1 amide bonds. The average Bonchev–Trinajstić information content (AvgIpc) is 2.69. The van der Waals surface area contributed by atoms with Crippen molar-refractivity contribution in [3.05, 3.63) is 75.5 Å². The lowest BCUT2D eigenvalue weighted by molar-refractivity contribution is 0.0628. The highest BCUT2D eigenvalue weighted by molar-refractivity contribution is 14.1. The molecule has 1 aliphatic rings. The van der Waals surface area contributed by atoms with Crippen molar-refractivity contribution in [2.45, 2.75) is 6.54 Å². The summed E-state index contributed by atoms with van der Waals surface area (Å²) < 4.78 is 1.01. The highest BCUT2D eigenvalue weighted by atomic mass is 127. The quantitative estimate of drug-likeness (QED) is 0.562. The van der Waals surface area contributed by atoms with Crippen molar-refractivity contribution in [3.8, 4) is 0 Å². The summed E-state index contributed by atoms with van der Waals surface area (Å²) in [6.07, 6.45) is 1.85. The molecule has 5 heteroatoms. The number of halogens is 1. The standard InChI is InChI=1S/C21H20IN3O/c22-19-9-2-1-8-18(19)21(26)25-13-11-24(12-14-25)15-17-6-3-5-16-7-4-10-23-20(16)17/h1-10H,11-15H2. The smallest absolute Gasteiger partial charge is 0.255 e. The Hall–Kier alpha value is -1.99. The van der Waals surface area contributed by atoms with Gasteiger partial charge in [-0.3, -0.25) is 14.7 Å². The van der Waals surface area contributed by atoms with E-state index >= 15 is 0 Å². The van der Waals surface area contributed by atoms with Crippen molar-refractivity contribution in [2.24, 2.45) is 0 Å². The molecule has 0 N–H and O–H groups in total. The number of amides is 1. The summed E-state index contributed by atoms with van der Waals surface area (Å²) in [5.74, 6) is 0.140. The van der Waals surface area contributed by atoms with Gasteiger partial charge in [-0.05, 0) is 46.4 Å². The summed E-state index contributed by atoms with van der Waals surface area (Å²) in [4.78, 5) is 21.7. The summed E-state index contributed by atoms with van der Waals surface area (Å²) >= 11 is 2.23. The number of carbonyl (C=O) groups excluding carboxylic acids is 1. The molecule has 0 atom stereocenters. The third-order valence-electron chi connectivity index (χ3n) is 4.87. The second kappa shape index (κ2) is 7.72. The van der Waals surface area contributed by atoms with E-state index in [1.807, 2.05) is 41.4 Å². The first kappa shape index (κ1) is 17.4. The molecule has 132 valence electrons. The first-order valence-electron chi connectivity index (χ1n) is 8.81. The molecular formula is C21H20IN3O. The van der Waals surface area contributed by atoms with E-state index in [0.717, 1.165) is 47.4 Å². The Labute approximate surface area is 167 Å². The van der Waals surface area contributed by atoms with Gasteiger partial charge in [-0.15, -0.1) is 0 Å². The van der Waals surface area contributed by atoms with Gasteiger partial charge in [0, 0.05) is 47.9 Å². The minimum atomic E-state index is 0.140. The van der Waals surface area contributed by atoms with Crippen molar-refractivity contribution in [1.82, 2.24) is 14.8 Å². The van der Waals surface area contributed by atoms with Crippen molar-refractivity contribution >= 4 is 39.4 Å². The van der Waals surface area contributed by atoms with Crippen LogP contribution >= 0.6 is 22.6 Å². The number of benzene rings is 2. The molecule has 0 spiro atoms. The normalized spacial score (nSPS) is 15.3. The first-order chi connectivity index (χ1) is 12.7. The van der Waals surface area contributed by atoms with Crippen molar-refractivity contribution < 1.29 is 4.79 Å². The number of pyridine rings is 1. The highest BCUT2D eigenvalue weighted by Gasteiger charge is 2.23. The predicted octanol–water partition coefficient (Wildman–Crippen LogP) is 3.80. The first-order valence-corrected chi connectivity index (χ1v) is 9.89. The molecule has 1 aliphatic heterocycles. The zero-order valence-electron chi connectivity index (χ0n) is 14.4. The largest absolute Gasteiger partial charge is 0.336 e. The average molecular weight is 457 g/mol. The Bertz CT molecular complexity index is 930. The van der Waals surface area contributed by atoms with Crippen LogP contribution in [0.1, 0.15) is 15.9 Å². The van der Waals surface area contributed by atoms with Gasteiger partial charge < -0.3 is 4.90 Å². The molecule has 4 rings (SSSR count). The number of nitrogens with zero attached hydrogens (tertiary/aromatic N) is 3. The van der Waals surface area contributed by atoms with Crippen LogP contribution in [0.5, 0.6) is 0 Å². The minimum Gasteiger partial charge on any atom is -0.336 e. The van der Waals surface area contributed by atoms with E-state index in [1.165, 1.54) is 10.9 Å². The fraction of sp³-hybridized carbons (Fsp3) is 0.238. The molecule has 0 saturated carbocycles. The van der Waals surface area contributed by atoms with Gasteiger partial charge >= 0.3 is 0 Å². The fourth-order valence-electron chi connectivity index (χ4n) is 3.45. The predicted molar refractivity (Wildman–Crippen MR) is 112 cm³/mol. The third-order valence-corrected chi connectivity index (χ3v) is 5.81. The zero-order valence-corrected chi connectivity index (χ0v) is 16.6. The minimum absolute atomic E-state index is 0.140. The van der Waals surface area contributed by atoms with Crippen molar-refractivity contribution in [1.29, 1.82) is 0 Å². The lowest BCUT2D eigenvalue weighted by Gasteiger charge is -2.35. The molecule has 1 aromatic heterocycles. The molecule has 2 aromatic carbocycles. The van der Waals surface area contributed by atoms with E-state index in [0.29, 0.717) is 0 Å². The highest BCUT2D eigenvalue weighted by Crippen LogP contribution is 2.19. The molecule has 1 fully saturated rings. The number of para-hydroxylation sites is 1. The monoisotopic (exact) mass is 457 g/mol. The number of aromatic nitrogens is 1. The summed E-state index contributed by atoms with van der Waals surface area (Å²) in [5.41, 5.74) is 3.13. The molecule has 1 saturated heterocycles. The summed E-state index contributed by atoms with van der Waals surface area (Å²) in [7, 11) is 0. The fourth-order valence-corrected chi connectivity index (χ4v) is 4.07. The number of carbonyl (C=O) groups is 1. The summed E-state index contributed by atoms with van der Waals surface area (Å²) in [6.45, 7) is 4.18. The molecule has 3 aromatic rings. The van der Waals surface area contributed by atoms with Crippen LogP contribution in [0.4, 0.5) is 0 Å². The Morgan fingerprint density at radius 1 is 0.962 bits per heavy atom. The van der Waals surface area contributed by atoms with Crippen LogP contribution in [0, 0.1) is 3.57 Å². The van der Waals surface area contributed by atoms with Gasteiger partial charge in [0.05, 0.1) is 11.1 Å². The van der Waals surface area contributed by atoms with Crippen LogP contribution in [0.2, 0.25) is 0 Å². The van der Waals surface area contributed by atoms with Crippen molar-refractivity contribution in [2.75, 3.05) is 26.2 Å². The molecule has 0 aliphatic carbocycles. The van der Waals surface area contributed by atoms with Crippen LogP contribution in [-0.2, 0) is 6.54 Å². The van der Waals surface area contributed by atoms with E-state index in [1.54, 1.807) is 0 Å². The maximum atomic E-state index is 12.8. The molecular weight excluding hydrogens is 437 g/mol. The Morgan fingerprint density at radius 2 is 1.73 bits per heavy atom. The number of hydrogen-bond acceptors (Lipinski definition) is 3. The molecule has 4 nitrogen and oxygen atoms in total. The van der Waals surface area contributed by atoms with Gasteiger partial charge in [-0.1, -0.05) is 36.4 Å². The Morgan fingerprint density at radius 3 is 2.54 bits per heavy atom. The number of piperazine rings is 1. The molecule has 0 bridgehead atoms. The Balaban J connectivity index is 1.42. The van der Waals surface area contributed by atoms with Crippen LogP contribution in [0.3, 0.4) is 0 Å². The third kappa shape index (κ3) is 3.59. The van der Waals surface area contributed by atoms with Crippen molar-refractivity contribution in [3.63, 3.8) is 0 Å². The molecule has 26 heavy (non-hydrogen) atoms. The van der Waals surface area contributed by atoms with E-state index < -0.39 is 0 Å². The zero-order chi connectivity index (χ0) is 17.9. The lowest BCUT2D eigenvalue weighted by Crippen LogP contribution is -2.48. The SMILES string of the molecule is O=C(c1ccccc1I)N1CCN(Cc2cccc3cccnc23)CC1. The van der Waals surface area contributed by atoms with Gasteiger partial charge in [0.2, 0.25) is 0 Å². The topological polar surface area (TPSA) is 36.4 Å². The van der Waals surface area contributed by atoms with Crippen LogP contribution in [0.15, 0.2) is 60.8 Å². The molecule has 0 radical (unpaired) electrons. The number of rotatable bonds is 3. The van der Waals surface area contributed by atoms with Crippen LogP contribution in [0.25, 0.3) is 10.9 Å². The van der Waals surface area contributed by atoms with E-state index in [-0.39, 0.29) is 5.91 Å². The second-order valence-corrected chi connectivity index (χ2v) is 7.70. The lowest BCUT2D eigenvalue weighted by atomic mass is 10.1. The maximum Gasteiger partial charge on any atom is 0.255 e. The summed E-state index contributed by atoms with van der Waals surface area (Å²) in [6, 6.07) is 18.2. The van der Waals surface area contributed by atoms with Crippen LogP contribution in [-0.4, -0.2) is 46.9 Å². The second-order valence-electron chi connectivity index (χ2n) is 6.54. The number of hydrogen-bond donors (Lipinski definition) is 0. The maximum absolute atomic E-state index is 12.8.